The summed E-state index contributed by atoms with van der Waals surface area (Å²) in [5.41, 5.74) is -0.360. The van der Waals surface area contributed by atoms with Crippen molar-refractivity contribution in [3.63, 3.8) is 0 Å². The highest BCUT2D eigenvalue weighted by Crippen LogP contribution is 2.30. The Labute approximate surface area is 135 Å². The van der Waals surface area contributed by atoms with E-state index in [0.717, 1.165) is 25.3 Å². The smallest absolute Gasteiger partial charge is 0.289 e. The van der Waals surface area contributed by atoms with E-state index in [1.807, 2.05) is 0 Å². The molecule has 1 aliphatic heterocycles. The van der Waals surface area contributed by atoms with E-state index in [1.54, 1.807) is 0 Å². The number of para-hydroxylation sites is 1. The zero-order valence-electron chi connectivity index (χ0n) is 12.8. The molecule has 2 aliphatic rings. The Hall–Kier alpha value is -1.51. The minimum atomic E-state index is -3.82. The first kappa shape index (κ1) is 16.4. The zero-order chi connectivity index (χ0) is 16.4. The standard InChI is InChI=1S/C15H21N3O4S/c19-18(20)14-3-1-2-4-15(14)23(21,22)17-9-7-13(8-10-17)16-11-12-5-6-12/h1-4,12-13,16H,5-11H2. The normalized spacial score (nSPS) is 20.5. The van der Waals surface area contributed by atoms with Crippen molar-refractivity contribution >= 4 is 15.7 Å². The van der Waals surface area contributed by atoms with Gasteiger partial charge in [0.1, 0.15) is 0 Å². The third kappa shape index (κ3) is 3.70. The van der Waals surface area contributed by atoms with E-state index in [2.05, 4.69) is 5.32 Å². The largest absolute Gasteiger partial charge is 0.314 e. The topological polar surface area (TPSA) is 92.5 Å². The Kier molecular flexibility index (Phi) is 4.65. The van der Waals surface area contributed by atoms with E-state index in [4.69, 9.17) is 0 Å². The van der Waals surface area contributed by atoms with Gasteiger partial charge in [-0.25, -0.2) is 8.42 Å². The lowest BCUT2D eigenvalue weighted by Crippen LogP contribution is -2.45. The van der Waals surface area contributed by atoms with Crippen LogP contribution in [-0.4, -0.2) is 43.3 Å². The Morgan fingerprint density at radius 1 is 1.17 bits per heavy atom. The zero-order valence-corrected chi connectivity index (χ0v) is 13.7. The average molecular weight is 339 g/mol. The summed E-state index contributed by atoms with van der Waals surface area (Å²) in [6.45, 7) is 1.81. The quantitative estimate of drug-likeness (QED) is 0.629. The molecule has 7 nitrogen and oxygen atoms in total. The van der Waals surface area contributed by atoms with Gasteiger partial charge in [0.05, 0.1) is 4.92 Å². The second-order valence-corrected chi connectivity index (χ2v) is 8.16. The van der Waals surface area contributed by atoms with E-state index in [0.29, 0.717) is 19.1 Å². The first-order valence-electron chi connectivity index (χ1n) is 7.95. The molecule has 23 heavy (non-hydrogen) atoms. The van der Waals surface area contributed by atoms with Crippen LogP contribution in [0, 0.1) is 16.0 Å². The molecular formula is C15H21N3O4S. The Morgan fingerprint density at radius 2 is 1.83 bits per heavy atom. The van der Waals surface area contributed by atoms with Crippen molar-refractivity contribution in [3.05, 3.63) is 34.4 Å². The van der Waals surface area contributed by atoms with Crippen LogP contribution >= 0.6 is 0 Å². The van der Waals surface area contributed by atoms with Gasteiger partial charge in [-0.15, -0.1) is 0 Å². The van der Waals surface area contributed by atoms with Gasteiger partial charge in [-0.2, -0.15) is 4.31 Å². The van der Waals surface area contributed by atoms with Crippen molar-refractivity contribution in [2.24, 2.45) is 5.92 Å². The van der Waals surface area contributed by atoms with Crippen molar-refractivity contribution in [1.29, 1.82) is 0 Å². The van der Waals surface area contributed by atoms with Gasteiger partial charge in [0.15, 0.2) is 4.90 Å². The summed E-state index contributed by atoms with van der Waals surface area (Å²) in [6.07, 6.45) is 4.06. The summed E-state index contributed by atoms with van der Waals surface area (Å²) in [5.74, 6) is 0.795. The molecular weight excluding hydrogens is 318 g/mol. The van der Waals surface area contributed by atoms with Crippen molar-refractivity contribution in [2.45, 2.75) is 36.6 Å². The molecule has 1 saturated heterocycles. The molecule has 1 N–H and O–H groups in total. The number of hydrogen-bond donors (Lipinski definition) is 1. The Morgan fingerprint density at radius 3 is 2.43 bits per heavy atom. The maximum Gasteiger partial charge on any atom is 0.289 e. The number of nitro benzene ring substituents is 1. The van der Waals surface area contributed by atoms with Gasteiger partial charge in [-0.05, 0) is 44.2 Å². The van der Waals surface area contributed by atoms with Crippen LogP contribution in [-0.2, 0) is 10.0 Å². The van der Waals surface area contributed by atoms with Crippen molar-refractivity contribution in [3.8, 4) is 0 Å². The maximum atomic E-state index is 12.7. The number of nitro groups is 1. The van der Waals surface area contributed by atoms with Crippen molar-refractivity contribution in [2.75, 3.05) is 19.6 Å². The van der Waals surface area contributed by atoms with Crippen molar-refractivity contribution in [1.82, 2.24) is 9.62 Å². The number of benzene rings is 1. The van der Waals surface area contributed by atoms with Crippen LogP contribution < -0.4 is 5.32 Å². The predicted molar refractivity (Wildman–Crippen MR) is 85.6 cm³/mol. The molecule has 3 rings (SSSR count). The minimum absolute atomic E-state index is 0.214. The number of rotatable bonds is 6. The van der Waals surface area contributed by atoms with Crippen LogP contribution in [0.1, 0.15) is 25.7 Å². The minimum Gasteiger partial charge on any atom is -0.314 e. The number of piperidine rings is 1. The Balaban J connectivity index is 1.68. The first-order chi connectivity index (χ1) is 11.0. The molecule has 0 spiro atoms. The van der Waals surface area contributed by atoms with Gasteiger partial charge in [-0.1, -0.05) is 12.1 Å². The average Bonchev–Trinajstić information content (AvgIpc) is 3.37. The predicted octanol–water partition coefficient (Wildman–Crippen LogP) is 1.75. The van der Waals surface area contributed by atoms with Gasteiger partial charge in [-0.3, -0.25) is 10.1 Å². The lowest BCUT2D eigenvalue weighted by atomic mass is 10.1. The number of sulfonamides is 1. The van der Waals surface area contributed by atoms with Gasteiger partial charge in [0, 0.05) is 25.2 Å². The van der Waals surface area contributed by atoms with Crippen LogP contribution in [0.5, 0.6) is 0 Å². The van der Waals surface area contributed by atoms with Crippen LogP contribution in [0.15, 0.2) is 29.2 Å². The maximum absolute atomic E-state index is 12.7. The molecule has 1 aromatic rings. The third-order valence-corrected chi connectivity index (χ3v) is 6.47. The Bertz CT molecular complexity index is 680. The number of hydrogen-bond acceptors (Lipinski definition) is 5. The molecule has 1 aliphatic carbocycles. The summed E-state index contributed by atoms with van der Waals surface area (Å²) in [4.78, 5) is 10.2. The fraction of sp³-hybridized carbons (Fsp3) is 0.600. The summed E-state index contributed by atoms with van der Waals surface area (Å²) in [6, 6.07) is 5.88. The molecule has 0 unspecified atom stereocenters. The summed E-state index contributed by atoms with van der Waals surface area (Å²) >= 11 is 0. The van der Waals surface area contributed by atoms with Gasteiger partial charge < -0.3 is 5.32 Å². The molecule has 126 valence electrons. The van der Waals surface area contributed by atoms with Crippen LogP contribution in [0.2, 0.25) is 0 Å². The third-order valence-electron chi connectivity index (χ3n) is 4.53. The van der Waals surface area contributed by atoms with Crippen LogP contribution in [0.4, 0.5) is 5.69 Å². The molecule has 0 aromatic heterocycles. The SMILES string of the molecule is O=[N+]([O-])c1ccccc1S(=O)(=O)N1CCC(NCC2CC2)CC1. The summed E-state index contributed by atoms with van der Waals surface area (Å²) in [7, 11) is -3.82. The highest BCUT2D eigenvalue weighted by molar-refractivity contribution is 7.89. The van der Waals surface area contributed by atoms with Gasteiger partial charge in [0.2, 0.25) is 10.0 Å². The van der Waals surface area contributed by atoms with Gasteiger partial charge in [0.25, 0.3) is 5.69 Å². The molecule has 1 aromatic carbocycles. The second kappa shape index (κ2) is 6.54. The lowest BCUT2D eigenvalue weighted by Gasteiger charge is -2.31. The van der Waals surface area contributed by atoms with E-state index < -0.39 is 14.9 Å². The van der Waals surface area contributed by atoms with E-state index >= 15 is 0 Å². The molecule has 0 amide bonds. The van der Waals surface area contributed by atoms with E-state index in [1.165, 1.54) is 41.4 Å². The number of nitrogens with zero attached hydrogens (tertiary/aromatic N) is 2. The molecule has 0 atom stereocenters. The molecule has 0 radical (unpaired) electrons. The van der Waals surface area contributed by atoms with Crippen LogP contribution in [0.25, 0.3) is 0 Å². The fourth-order valence-corrected chi connectivity index (χ4v) is 4.55. The fourth-order valence-electron chi connectivity index (χ4n) is 2.92. The highest BCUT2D eigenvalue weighted by atomic mass is 32.2. The van der Waals surface area contributed by atoms with E-state index in [-0.39, 0.29) is 10.6 Å². The summed E-state index contributed by atoms with van der Waals surface area (Å²) in [5, 5.41) is 14.6. The van der Waals surface area contributed by atoms with E-state index in [9.17, 15) is 18.5 Å². The molecule has 0 bridgehead atoms. The van der Waals surface area contributed by atoms with Crippen LogP contribution in [0.3, 0.4) is 0 Å². The second-order valence-electron chi connectivity index (χ2n) is 6.25. The van der Waals surface area contributed by atoms with Gasteiger partial charge >= 0.3 is 0 Å². The first-order valence-corrected chi connectivity index (χ1v) is 9.39. The van der Waals surface area contributed by atoms with Crippen molar-refractivity contribution < 1.29 is 13.3 Å². The number of nitrogens with one attached hydrogen (secondary N) is 1. The molecule has 1 saturated carbocycles. The molecule has 2 fully saturated rings. The molecule has 8 heteroatoms. The lowest BCUT2D eigenvalue weighted by molar-refractivity contribution is -0.387. The monoisotopic (exact) mass is 339 g/mol. The highest BCUT2D eigenvalue weighted by Gasteiger charge is 2.34. The molecule has 1 heterocycles. The summed E-state index contributed by atoms with van der Waals surface area (Å²) < 4.78 is 26.8.